The first kappa shape index (κ1) is 32.3. The van der Waals surface area contributed by atoms with Crippen LogP contribution in [0.1, 0.15) is 104 Å². The zero-order valence-corrected chi connectivity index (χ0v) is 31.2. The first-order valence-electron chi connectivity index (χ1n) is 17.6. The van der Waals surface area contributed by atoms with Gasteiger partial charge in [-0.1, -0.05) is 115 Å². The normalized spacial score (nSPS) is 12.2. The van der Waals surface area contributed by atoms with E-state index in [1.807, 2.05) is 47.2 Å². The van der Waals surface area contributed by atoms with Crippen molar-refractivity contribution in [2.24, 2.45) is 0 Å². The van der Waals surface area contributed by atoms with E-state index in [2.05, 4.69) is 107 Å². The van der Waals surface area contributed by atoms with Gasteiger partial charge in [-0.15, -0.1) is 24.3 Å². The first-order valence-corrected chi connectivity index (χ1v) is 16.6. The van der Waals surface area contributed by atoms with Crippen LogP contribution in [0.3, 0.4) is 0 Å². The van der Waals surface area contributed by atoms with Crippen molar-refractivity contribution in [3.8, 4) is 51.2 Å². The molecule has 0 aliphatic heterocycles. The number of hydrogen-bond acceptors (Lipinski definition) is 3. The standard InChI is InChI=1S/C42H45N4O.Pt/c1-26(2)32-17-12-18-33(27(3)4)39(32)45-23-22-43-41(45)31-15-11-14-30(24-31)37-25-46(42(44-37)36-16-9-10-21-38(36)47)40-34(28(5)6)19-13-20-35(40)29(7)8;/h9-23,25-29,47H,1-8H3;/q-1;/i22D,23D;. The third kappa shape index (κ3) is 6.58. The van der Waals surface area contributed by atoms with Crippen molar-refractivity contribution in [3.63, 3.8) is 0 Å². The molecule has 0 aliphatic rings. The molecule has 0 amide bonds. The van der Waals surface area contributed by atoms with E-state index in [1.165, 1.54) is 11.1 Å². The van der Waals surface area contributed by atoms with Gasteiger partial charge in [0, 0.05) is 51.0 Å². The van der Waals surface area contributed by atoms with Gasteiger partial charge in [0.1, 0.15) is 11.6 Å². The number of imidazole rings is 2. The maximum atomic E-state index is 11.0. The molecule has 2 aromatic heterocycles. The number of benzene rings is 4. The molecule has 0 saturated carbocycles. The molecule has 250 valence electrons. The number of aromatic nitrogens is 4. The van der Waals surface area contributed by atoms with Crippen molar-refractivity contribution in [2.75, 3.05) is 0 Å². The topological polar surface area (TPSA) is 55.9 Å². The minimum absolute atomic E-state index is 0. The Hall–Kier alpha value is -4.21. The molecule has 6 rings (SSSR count). The summed E-state index contributed by atoms with van der Waals surface area (Å²) >= 11 is 0. The Balaban J connectivity index is 0.00000486. The monoisotopic (exact) mass is 818 g/mol. The predicted molar refractivity (Wildman–Crippen MR) is 194 cm³/mol. The van der Waals surface area contributed by atoms with Crippen molar-refractivity contribution in [2.45, 2.75) is 79.1 Å². The first-order chi connectivity index (χ1) is 23.4. The van der Waals surface area contributed by atoms with Crippen LogP contribution >= 0.6 is 0 Å². The van der Waals surface area contributed by atoms with Crippen molar-refractivity contribution in [3.05, 3.63) is 126 Å². The summed E-state index contributed by atoms with van der Waals surface area (Å²) < 4.78 is 21.6. The van der Waals surface area contributed by atoms with Gasteiger partial charge >= 0.3 is 0 Å². The molecule has 0 spiro atoms. The van der Waals surface area contributed by atoms with Crippen LogP contribution in [0, 0.1) is 6.07 Å². The molecule has 4 aromatic carbocycles. The van der Waals surface area contributed by atoms with Crippen molar-refractivity contribution in [1.29, 1.82) is 0 Å². The molecule has 5 nitrogen and oxygen atoms in total. The van der Waals surface area contributed by atoms with E-state index in [-0.39, 0.29) is 62.8 Å². The molecule has 0 aliphatic carbocycles. The molecule has 0 saturated heterocycles. The van der Waals surface area contributed by atoms with Gasteiger partial charge in [-0.25, -0.2) is 0 Å². The summed E-state index contributed by atoms with van der Waals surface area (Å²) in [6.07, 6.45) is 1.99. The fourth-order valence-electron chi connectivity index (χ4n) is 6.42. The number of para-hydroxylation sites is 3. The number of phenolic OH excluding ortho intramolecular Hbond substituents is 1. The van der Waals surface area contributed by atoms with Gasteiger partial charge in [0.2, 0.25) is 0 Å². The van der Waals surface area contributed by atoms with Crippen LogP contribution in [-0.2, 0) is 21.1 Å². The largest absolute Gasteiger partial charge is 0.507 e. The zero-order valence-electron chi connectivity index (χ0n) is 30.9. The second-order valence-corrected chi connectivity index (χ2v) is 13.5. The fourth-order valence-corrected chi connectivity index (χ4v) is 6.42. The summed E-state index contributed by atoms with van der Waals surface area (Å²) in [4.78, 5) is 9.81. The van der Waals surface area contributed by atoms with E-state index >= 15 is 0 Å². The van der Waals surface area contributed by atoms with Gasteiger partial charge in [0.05, 0.1) is 19.8 Å². The fraction of sp³-hybridized carbons (Fsp3) is 0.286. The third-order valence-corrected chi connectivity index (χ3v) is 8.85. The summed E-state index contributed by atoms with van der Waals surface area (Å²) in [5.74, 6) is 2.21. The molecular weight excluding hydrogens is 772 g/mol. The van der Waals surface area contributed by atoms with Gasteiger partial charge in [-0.3, -0.25) is 9.97 Å². The summed E-state index contributed by atoms with van der Waals surface area (Å²) in [5, 5.41) is 11.0. The minimum atomic E-state index is -0.0836. The number of nitrogens with zero attached hydrogens (tertiary/aromatic N) is 4. The third-order valence-electron chi connectivity index (χ3n) is 8.85. The maximum absolute atomic E-state index is 11.0. The molecule has 0 fully saturated rings. The van der Waals surface area contributed by atoms with Crippen LogP contribution in [0.25, 0.3) is 45.4 Å². The molecule has 48 heavy (non-hydrogen) atoms. The Morgan fingerprint density at radius 1 is 0.625 bits per heavy atom. The number of phenols is 1. The second-order valence-electron chi connectivity index (χ2n) is 13.5. The average Bonchev–Trinajstić information content (AvgIpc) is 3.64. The number of hydrogen-bond donors (Lipinski definition) is 1. The van der Waals surface area contributed by atoms with E-state index in [0.29, 0.717) is 28.5 Å². The Bertz CT molecular complexity index is 2090. The molecule has 0 radical (unpaired) electrons. The predicted octanol–water partition coefficient (Wildman–Crippen LogP) is 11.1. The van der Waals surface area contributed by atoms with Crippen LogP contribution in [0.5, 0.6) is 5.75 Å². The summed E-state index contributed by atoms with van der Waals surface area (Å²) in [5.41, 5.74) is 9.32. The molecular formula is C42H45N4OPt-. The van der Waals surface area contributed by atoms with Crippen LogP contribution in [0.2, 0.25) is 0 Å². The number of aromatic hydroxyl groups is 1. The van der Waals surface area contributed by atoms with Gasteiger partial charge in [-0.2, -0.15) is 0 Å². The zero-order chi connectivity index (χ0) is 35.1. The van der Waals surface area contributed by atoms with Gasteiger partial charge < -0.3 is 14.2 Å². The Morgan fingerprint density at radius 2 is 1.12 bits per heavy atom. The van der Waals surface area contributed by atoms with Crippen LogP contribution in [0.4, 0.5) is 0 Å². The molecule has 6 heteroatoms. The molecule has 0 atom stereocenters. The number of rotatable bonds is 9. The van der Waals surface area contributed by atoms with Crippen LogP contribution in [-0.4, -0.2) is 24.2 Å². The van der Waals surface area contributed by atoms with E-state index < -0.39 is 0 Å². The molecule has 6 aromatic rings. The van der Waals surface area contributed by atoms with Crippen molar-refractivity contribution < 1.29 is 28.9 Å². The molecule has 0 unspecified atom stereocenters. The van der Waals surface area contributed by atoms with E-state index in [1.54, 1.807) is 6.07 Å². The van der Waals surface area contributed by atoms with E-state index in [0.717, 1.165) is 28.1 Å². The van der Waals surface area contributed by atoms with E-state index in [9.17, 15) is 5.11 Å². The Kier molecular flexibility index (Phi) is 9.77. The van der Waals surface area contributed by atoms with Crippen LogP contribution in [0.15, 0.2) is 97.4 Å². The van der Waals surface area contributed by atoms with Crippen molar-refractivity contribution >= 4 is 0 Å². The summed E-state index contributed by atoms with van der Waals surface area (Å²) in [7, 11) is 0. The minimum Gasteiger partial charge on any atom is -0.507 e. The van der Waals surface area contributed by atoms with Gasteiger partial charge in [-0.05, 0) is 58.1 Å². The Morgan fingerprint density at radius 3 is 1.67 bits per heavy atom. The quantitative estimate of drug-likeness (QED) is 0.148. The molecule has 1 N–H and O–H groups in total. The second kappa shape index (κ2) is 14.5. The maximum Gasteiger partial charge on any atom is 0.140 e. The average molecular weight is 819 g/mol. The van der Waals surface area contributed by atoms with Crippen molar-refractivity contribution in [1.82, 2.24) is 19.1 Å². The summed E-state index contributed by atoms with van der Waals surface area (Å²) in [6.45, 7) is 17.4. The van der Waals surface area contributed by atoms with Crippen LogP contribution < -0.4 is 0 Å². The summed E-state index contributed by atoms with van der Waals surface area (Å²) in [6, 6.07) is 29.5. The SMILES string of the molecule is [2H]c1nc(-c2[c-]c(-c3cn(-c4c(C(C)C)cccc4C(C)C)c(-c4ccccc4O)n3)ccc2)n(-c2c(C(C)C)cccc2C(C)C)c1[2H].[Pt]. The Labute approximate surface area is 302 Å². The van der Waals surface area contributed by atoms with E-state index in [4.69, 9.17) is 7.73 Å². The van der Waals surface area contributed by atoms with Gasteiger partial charge in [0.15, 0.2) is 0 Å². The van der Waals surface area contributed by atoms with Gasteiger partial charge in [0.25, 0.3) is 0 Å². The molecule has 2 heterocycles. The molecule has 0 bridgehead atoms. The smallest absolute Gasteiger partial charge is 0.140 e.